The maximum absolute atomic E-state index is 11.6. The van der Waals surface area contributed by atoms with Crippen molar-refractivity contribution in [3.63, 3.8) is 0 Å². The number of rotatable bonds is 1. The molecular formula is C11H11NO3. The van der Waals surface area contributed by atoms with E-state index in [-0.39, 0.29) is 16.9 Å². The molecule has 0 N–H and O–H groups in total. The summed E-state index contributed by atoms with van der Waals surface area (Å²) in [5, 5.41) is 10.6. The van der Waals surface area contributed by atoms with Gasteiger partial charge in [0.1, 0.15) is 0 Å². The van der Waals surface area contributed by atoms with Crippen molar-refractivity contribution in [3.05, 3.63) is 39.4 Å². The lowest BCUT2D eigenvalue weighted by Crippen LogP contribution is -2.12. The van der Waals surface area contributed by atoms with E-state index in [0.29, 0.717) is 12.0 Å². The van der Waals surface area contributed by atoms with Crippen molar-refractivity contribution in [2.45, 2.75) is 25.7 Å². The van der Waals surface area contributed by atoms with Crippen molar-refractivity contribution >= 4 is 11.5 Å². The molecule has 0 saturated carbocycles. The van der Waals surface area contributed by atoms with Crippen LogP contribution in [0.1, 0.15) is 36.2 Å². The molecule has 0 amide bonds. The van der Waals surface area contributed by atoms with Crippen molar-refractivity contribution in [3.8, 4) is 0 Å². The van der Waals surface area contributed by atoms with Crippen LogP contribution in [0, 0.1) is 10.1 Å². The number of hydrogen-bond acceptors (Lipinski definition) is 3. The van der Waals surface area contributed by atoms with Gasteiger partial charge in [-0.2, -0.15) is 0 Å². The lowest BCUT2D eigenvalue weighted by atomic mass is 9.86. The molecular weight excluding hydrogens is 194 g/mol. The van der Waals surface area contributed by atoms with Crippen LogP contribution in [-0.2, 0) is 5.41 Å². The fourth-order valence-electron chi connectivity index (χ4n) is 2.06. The number of non-ortho nitro benzene ring substituents is 1. The molecule has 0 aromatic heterocycles. The van der Waals surface area contributed by atoms with Gasteiger partial charge < -0.3 is 0 Å². The highest BCUT2D eigenvalue weighted by atomic mass is 16.6. The van der Waals surface area contributed by atoms with Crippen LogP contribution in [0.3, 0.4) is 0 Å². The molecule has 0 radical (unpaired) electrons. The summed E-state index contributed by atoms with van der Waals surface area (Å²) in [4.78, 5) is 21.7. The lowest BCUT2D eigenvalue weighted by Gasteiger charge is -2.16. The summed E-state index contributed by atoms with van der Waals surface area (Å²) in [6.45, 7) is 3.95. The van der Waals surface area contributed by atoms with Gasteiger partial charge in [-0.3, -0.25) is 14.9 Å². The van der Waals surface area contributed by atoms with Gasteiger partial charge in [0, 0.05) is 24.1 Å². The highest BCUT2D eigenvalue weighted by Gasteiger charge is 2.36. The Balaban J connectivity index is 2.60. The first-order valence-electron chi connectivity index (χ1n) is 4.74. The zero-order chi connectivity index (χ0) is 11.2. The summed E-state index contributed by atoms with van der Waals surface area (Å²) < 4.78 is 0. The Morgan fingerprint density at radius 3 is 2.67 bits per heavy atom. The highest BCUT2D eigenvalue weighted by Crippen LogP contribution is 2.39. The second-order valence-electron chi connectivity index (χ2n) is 4.47. The average molecular weight is 205 g/mol. The molecule has 1 aromatic carbocycles. The molecule has 0 unspecified atom stereocenters. The zero-order valence-corrected chi connectivity index (χ0v) is 8.61. The number of fused-ring (bicyclic) bond motifs is 1. The number of benzene rings is 1. The van der Waals surface area contributed by atoms with Gasteiger partial charge in [-0.1, -0.05) is 19.9 Å². The summed E-state index contributed by atoms with van der Waals surface area (Å²) in [5.74, 6) is -0.00120. The number of hydrogen-bond donors (Lipinski definition) is 0. The highest BCUT2D eigenvalue weighted by molar-refractivity contribution is 6.02. The van der Waals surface area contributed by atoms with Crippen LogP contribution in [0.25, 0.3) is 0 Å². The van der Waals surface area contributed by atoms with Gasteiger partial charge >= 0.3 is 0 Å². The number of nitro groups is 1. The van der Waals surface area contributed by atoms with E-state index in [9.17, 15) is 14.9 Å². The van der Waals surface area contributed by atoms with Gasteiger partial charge in [0.25, 0.3) is 5.69 Å². The van der Waals surface area contributed by atoms with Crippen LogP contribution >= 0.6 is 0 Å². The summed E-state index contributed by atoms with van der Waals surface area (Å²) in [7, 11) is 0. The van der Waals surface area contributed by atoms with Gasteiger partial charge in [0.15, 0.2) is 5.78 Å². The molecule has 78 valence electrons. The second-order valence-corrected chi connectivity index (χ2v) is 4.47. The summed E-state index contributed by atoms with van der Waals surface area (Å²) >= 11 is 0. The average Bonchev–Trinajstić information content (AvgIpc) is 2.37. The number of ketones is 1. The fraction of sp³-hybridized carbons (Fsp3) is 0.364. The van der Waals surface area contributed by atoms with E-state index in [1.807, 2.05) is 13.8 Å². The van der Waals surface area contributed by atoms with E-state index < -0.39 is 4.92 Å². The van der Waals surface area contributed by atoms with Crippen LogP contribution in [0.4, 0.5) is 5.69 Å². The summed E-state index contributed by atoms with van der Waals surface area (Å²) in [6, 6.07) is 4.53. The molecule has 1 aromatic rings. The molecule has 0 atom stereocenters. The fourth-order valence-corrected chi connectivity index (χ4v) is 2.06. The standard InChI is InChI=1S/C11H11NO3/c1-11(2)6-10(13)8-5-7(12(14)15)3-4-9(8)11/h3-5H,6H2,1-2H3. The maximum atomic E-state index is 11.6. The van der Waals surface area contributed by atoms with Gasteiger partial charge in [0.05, 0.1) is 4.92 Å². The Bertz CT molecular complexity index is 463. The predicted octanol–water partition coefficient (Wildman–Crippen LogP) is 2.46. The van der Waals surface area contributed by atoms with Crippen LogP contribution in [-0.4, -0.2) is 10.7 Å². The molecule has 1 aliphatic carbocycles. The van der Waals surface area contributed by atoms with Crippen molar-refractivity contribution in [2.24, 2.45) is 0 Å². The van der Waals surface area contributed by atoms with Crippen molar-refractivity contribution in [2.75, 3.05) is 0 Å². The van der Waals surface area contributed by atoms with Crippen LogP contribution in [0.5, 0.6) is 0 Å². The van der Waals surface area contributed by atoms with Crippen LogP contribution in [0.15, 0.2) is 18.2 Å². The van der Waals surface area contributed by atoms with Gasteiger partial charge in [-0.25, -0.2) is 0 Å². The number of nitrogens with zero attached hydrogens (tertiary/aromatic N) is 1. The Labute approximate surface area is 87.1 Å². The Morgan fingerprint density at radius 1 is 1.40 bits per heavy atom. The van der Waals surface area contributed by atoms with Crippen molar-refractivity contribution < 1.29 is 9.72 Å². The van der Waals surface area contributed by atoms with Gasteiger partial charge in [-0.05, 0) is 11.0 Å². The predicted molar refractivity (Wildman–Crippen MR) is 55.1 cm³/mol. The molecule has 2 rings (SSSR count). The molecule has 15 heavy (non-hydrogen) atoms. The zero-order valence-electron chi connectivity index (χ0n) is 8.61. The third-order valence-electron chi connectivity index (χ3n) is 2.85. The SMILES string of the molecule is CC1(C)CC(=O)c2cc([N+](=O)[O-])ccc21. The molecule has 0 heterocycles. The molecule has 4 nitrogen and oxygen atoms in total. The van der Waals surface area contributed by atoms with Crippen LogP contribution < -0.4 is 0 Å². The molecule has 1 aliphatic rings. The summed E-state index contributed by atoms with van der Waals surface area (Å²) in [6.07, 6.45) is 0.434. The van der Waals surface area contributed by atoms with Crippen molar-refractivity contribution in [1.29, 1.82) is 0 Å². The first kappa shape index (κ1) is 9.83. The first-order valence-corrected chi connectivity index (χ1v) is 4.74. The molecule has 0 saturated heterocycles. The van der Waals surface area contributed by atoms with Gasteiger partial charge in [0.2, 0.25) is 0 Å². The quantitative estimate of drug-likeness (QED) is 0.522. The minimum absolute atomic E-state index is 0.00120. The van der Waals surface area contributed by atoms with E-state index in [1.165, 1.54) is 12.1 Å². The van der Waals surface area contributed by atoms with Gasteiger partial charge in [-0.15, -0.1) is 0 Å². The molecule has 0 aliphatic heterocycles. The molecule has 0 spiro atoms. The van der Waals surface area contributed by atoms with E-state index in [4.69, 9.17) is 0 Å². The topological polar surface area (TPSA) is 60.2 Å². The monoisotopic (exact) mass is 205 g/mol. The Hall–Kier alpha value is -1.71. The summed E-state index contributed by atoms with van der Waals surface area (Å²) in [5.41, 5.74) is 1.22. The first-order chi connectivity index (χ1) is 6.92. The largest absolute Gasteiger partial charge is 0.294 e. The third-order valence-corrected chi connectivity index (χ3v) is 2.85. The maximum Gasteiger partial charge on any atom is 0.270 e. The number of carbonyl (C=O) groups excluding carboxylic acids is 1. The van der Waals surface area contributed by atoms with E-state index in [0.717, 1.165) is 5.56 Å². The second kappa shape index (κ2) is 2.89. The van der Waals surface area contributed by atoms with E-state index >= 15 is 0 Å². The third kappa shape index (κ3) is 1.42. The Kier molecular flexibility index (Phi) is 1.89. The minimum atomic E-state index is -0.473. The number of nitro benzene ring substituents is 1. The smallest absolute Gasteiger partial charge is 0.270 e. The van der Waals surface area contributed by atoms with E-state index in [2.05, 4.69) is 0 Å². The minimum Gasteiger partial charge on any atom is -0.294 e. The molecule has 0 bridgehead atoms. The Morgan fingerprint density at radius 2 is 2.07 bits per heavy atom. The molecule has 0 fully saturated rings. The molecule has 4 heteroatoms. The van der Waals surface area contributed by atoms with Crippen LogP contribution in [0.2, 0.25) is 0 Å². The lowest BCUT2D eigenvalue weighted by molar-refractivity contribution is -0.384. The number of carbonyl (C=O) groups is 1. The van der Waals surface area contributed by atoms with E-state index in [1.54, 1.807) is 6.07 Å². The normalized spacial score (nSPS) is 17.6. The van der Waals surface area contributed by atoms with Crippen molar-refractivity contribution in [1.82, 2.24) is 0 Å². The number of Topliss-reactive ketones (excluding diaryl/α,β-unsaturated/α-hetero) is 1.